The Kier molecular flexibility index (Phi) is 7.54. The Balaban J connectivity index is 1.48. The maximum Gasteiger partial charge on any atom is 0.318 e. The number of primary amides is 1. The number of allylic oxidation sites excluding steroid dienone is 1. The molecule has 3 amide bonds. The number of nitrogens with two attached hydrogens (primary N) is 1. The van der Waals surface area contributed by atoms with E-state index in [0.29, 0.717) is 30.0 Å². The average Bonchev–Trinajstić information content (AvgIpc) is 3.13. The second-order valence-corrected chi connectivity index (χ2v) is 12.8. The van der Waals surface area contributed by atoms with Crippen molar-refractivity contribution in [3.05, 3.63) is 34.2 Å². The number of anilines is 1. The molecule has 2 heterocycles. The summed E-state index contributed by atoms with van der Waals surface area (Å²) in [7, 11) is -2.10. The van der Waals surface area contributed by atoms with Crippen LogP contribution in [0.25, 0.3) is 5.57 Å². The predicted octanol–water partition coefficient (Wildman–Crippen LogP) is 3.70. The highest BCUT2D eigenvalue weighted by Crippen LogP contribution is 2.36. The van der Waals surface area contributed by atoms with Gasteiger partial charge in [-0.2, -0.15) is 4.31 Å². The van der Waals surface area contributed by atoms with Gasteiger partial charge in [-0.3, -0.25) is 14.7 Å². The number of hydrogen-bond donors (Lipinski definition) is 2. The van der Waals surface area contributed by atoms with Crippen LogP contribution in [0.1, 0.15) is 69.1 Å². The SMILES string of the molecule is CC(=CS(=O)(=O)N1CCC2(CC1)N=C(C1CCC(C)CC1)NC2=O)c1c(C)cc(N(C)C(N)=O)cc1C. The van der Waals surface area contributed by atoms with Gasteiger partial charge >= 0.3 is 6.03 Å². The van der Waals surface area contributed by atoms with Crippen LogP contribution >= 0.6 is 0 Å². The lowest BCUT2D eigenvalue weighted by atomic mass is 9.82. The molecule has 4 rings (SSSR count). The molecule has 1 saturated heterocycles. The standard InChI is InChI=1S/C27H39N5O4S/c1-17-6-8-21(9-7-17)24-29-25(33)27(30-24)10-12-32(13-11-27)37(35,36)16-20(4)23-18(2)14-22(15-19(23)3)31(5)26(28)34/h14-17,21H,6-13H2,1-5H3,(H2,28,34)(H,29,30,33). The van der Waals surface area contributed by atoms with Crippen LogP contribution in [0.3, 0.4) is 0 Å². The van der Waals surface area contributed by atoms with Crippen molar-refractivity contribution in [2.45, 2.75) is 71.8 Å². The Morgan fingerprint density at radius 2 is 1.73 bits per heavy atom. The highest BCUT2D eigenvalue weighted by molar-refractivity contribution is 7.92. The zero-order chi connectivity index (χ0) is 27.1. The lowest BCUT2D eigenvalue weighted by molar-refractivity contribution is -0.125. The molecule has 1 aromatic carbocycles. The van der Waals surface area contributed by atoms with Gasteiger partial charge in [0.1, 0.15) is 11.4 Å². The van der Waals surface area contributed by atoms with Crippen molar-refractivity contribution >= 4 is 39.1 Å². The van der Waals surface area contributed by atoms with Gasteiger partial charge in [0, 0.05) is 37.2 Å². The maximum absolute atomic E-state index is 13.3. The zero-order valence-electron chi connectivity index (χ0n) is 22.5. The Bertz CT molecular complexity index is 1230. The monoisotopic (exact) mass is 529 g/mol. The largest absolute Gasteiger partial charge is 0.351 e. The number of amidine groups is 1. The Labute approximate surface area is 220 Å². The van der Waals surface area contributed by atoms with Crippen molar-refractivity contribution in [2.24, 2.45) is 22.6 Å². The molecule has 1 saturated carbocycles. The molecule has 1 aromatic rings. The number of benzene rings is 1. The normalized spacial score (nSPS) is 24.6. The molecular formula is C27H39N5O4S. The van der Waals surface area contributed by atoms with E-state index in [1.54, 1.807) is 14.0 Å². The number of carbonyl (C=O) groups excluding carboxylic acids is 2. The highest BCUT2D eigenvalue weighted by Gasteiger charge is 2.48. The number of hydrogen-bond acceptors (Lipinski definition) is 5. The number of aryl methyl sites for hydroxylation is 2. The summed E-state index contributed by atoms with van der Waals surface area (Å²) >= 11 is 0. The van der Waals surface area contributed by atoms with E-state index >= 15 is 0 Å². The molecule has 37 heavy (non-hydrogen) atoms. The molecule has 0 unspecified atom stereocenters. The third-order valence-electron chi connectivity index (χ3n) is 8.27. The summed E-state index contributed by atoms with van der Waals surface area (Å²) in [5.74, 6) is 1.74. The number of nitrogens with one attached hydrogen (secondary N) is 1. The Hall–Kier alpha value is -2.72. The highest BCUT2D eigenvalue weighted by atomic mass is 32.2. The summed E-state index contributed by atoms with van der Waals surface area (Å²) in [6.07, 6.45) is 5.13. The quantitative estimate of drug-likeness (QED) is 0.603. The van der Waals surface area contributed by atoms with E-state index in [-0.39, 0.29) is 19.0 Å². The summed E-state index contributed by atoms with van der Waals surface area (Å²) in [5.41, 5.74) is 8.35. The third-order valence-corrected chi connectivity index (χ3v) is 10.0. The van der Waals surface area contributed by atoms with Gasteiger partial charge in [0.05, 0.1) is 0 Å². The molecule has 1 aliphatic carbocycles. The Morgan fingerprint density at radius 1 is 1.16 bits per heavy atom. The first-order valence-corrected chi connectivity index (χ1v) is 14.6. The van der Waals surface area contributed by atoms with Crippen LogP contribution in [0, 0.1) is 25.7 Å². The second kappa shape index (κ2) is 10.2. The molecular weight excluding hydrogens is 490 g/mol. The van der Waals surface area contributed by atoms with Gasteiger partial charge in [0.2, 0.25) is 10.0 Å². The molecule has 0 bridgehead atoms. The molecule has 0 atom stereocenters. The predicted molar refractivity (Wildman–Crippen MR) is 147 cm³/mol. The molecule has 9 nitrogen and oxygen atoms in total. The molecule has 1 spiro atoms. The number of nitrogens with zero attached hydrogens (tertiary/aromatic N) is 3. The van der Waals surface area contributed by atoms with Crippen molar-refractivity contribution in [3.8, 4) is 0 Å². The van der Waals surface area contributed by atoms with Crippen LogP contribution in [0.4, 0.5) is 10.5 Å². The van der Waals surface area contributed by atoms with E-state index in [0.717, 1.165) is 54.1 Å². The summed E-state index contributed by atoms with van der Waals surface area (Å²) in [6.45, 7) is 8.31. The van der Waals surface area contributed by atoms with Crippen molar-refractivity contribution in [1.29, 1.82) is 0 Å². The van der Waals surface area contributed by atoms with Gasteiger partial charge in [-0.05, 0) is 86.8 Å². The van der Waals surface area contributed by atoms with Crippen molar-refractivity contribution in [1.82, 2.24) is 9.62 Å². The molecule has 0 radical (unpaired) electrons. The number of piperidine rings is 1. The summed E-state index contributed by atoms with van der Waals surface area (Å²) in [4.78, 5) is 30.7. The van der Waals surface area contributed by atoms with Crippen LogP contribution in [-0.4, -0.2) is 56.2 Å². The molecule has 10 heteroatoms. The minimum absolute atomic E-state index is 0.0860. The van der Waals surface area contributed by atoms with Crippen LogP contribution < -0.4 is 16.0 Å². The fourth-order valence-corrected chi connectivity index (χ4v) is 7.36. The van der Waals surface area contributed by atoms with E-state index in [1.165, 1.54) is 14.6 Å². The molecule has 3 N–H and O–H groups in total. The van der Waals surface area contributed by atoms with Gasteiger partial charge in [-0.1, -0.05) is 19.8 Å². The molecule has 2 aliphatic heterocycles. The van der Waals surface area contributed by atoms with Crippen LogP contribution in [0.15, 0.2) is 22.5 Å². The minimum atomic E-state index is -3.70. The van der Waals surface area contributed by atoms with E-state index in [1.807, 2.05) is 26.0 Å². The molecule has 202 valence electrons. The van der Waals surface area contributed by atoms with E-state index in [2.05, 4.69) is 12.2 Å². The Morgan fingerprint density at radius 3 is 2.27 bits per heavy atom. The number of urea groups is 1. The van der Waals surface area contributed by atoms with E-state index in [4.69, 9.17) is 10.7 Å². The van der Waals surface area contributed by atoms with Gasteiger partial charge < -0.3 is 11.1 Å². The lowest BCUT2D eigenvalue weighted by Crippen LogP contribution is -2.50. The maximum atomic E-state index is 13.3. The summed E-state index contributed by atoms with van der Waals surface area (Å²) < 4.78 is 28.1. The third kappa shape index (κ3) is 5.45. The van der Waals surface area contributed by atoms with Gasteiger partial charge in [-0.15, -0.1) is 0 Å². The van der Waals surface area contributed by atoms with Crippen LogP contribution in [-0.2, 0) is 14.8 Å². The van der Waals surface area contributed by atoms with Gasteiger partial charge in [-0.25, -0.2) is 13.2 Å². The smallest absolute Gasteiger partial charge is 0.318 e. The zero-order valence-corrected chi connectivity index (χ0v) is 23.3. The van der Waals surface area contributed by atoms with Crippen molar-refractivity contribution in [3.63, 3.8) is 0 Å². The lowest BCUT2D eigenvalue weighted by Gasteiger charge is -2.34. The fourth-order valence-electron chi connectivity index (χ4n) is 5.96. The topological polar surface area (TPSA) is 125 Å². The van der Waals surface area contributed by atoms with Crippen LogP contribution in [0.5, 0.6) is 0 Å². The molecule has 3 aliphatic rings. The number of amides is 3. The van der Waals surface area contributed by atoms with Crippen molar-refractivity contribution < 1.29 is 18.0 Å². The first-order valence-electron chi connectivity index (χ1n) is 13.1. The van der Waals surface area contributed by atoms with Gasteiger partial charge in [0.15, 0.2) is 0 Å². The first kappa shape index (κ1) is 27.3. The number of aliphatic imine (C=N–C) groups is 1. The summed E-state index contributed by atoms with van der Waals surface area (Å²) in [6, 6.07) is 3.08. The van der Waals surface area contributed by atoms with Crippen LogP contribution in [0.2, 0.25) is 0 Å². The average molecular weight is 530 g/mol. The van der Waals surface area contributed by atoms with E-state index < -0.39 is 21.6 Å². The van der Waals surface area contributed by atoms with E-state index in [9.17, 15) is 18.0 Å². The minimum Gasteiger partial charge on any atom is -0.351 e. The number of sulfonamides is 1. The van der Waals surface area contributed by atoms with Gasteiger partial charge in [0.25, 0.3) is 5.91 Å². The molecule has 2 fully saturated rings. The summed E-state index contributed by atoms with van der Waals surface area (Å²) in [5, 5.41) is 4.35. The second-order valence-electron chi connectivity index (χ2n) is 11.0. The number of carbonyl (C=O) groups is 2. The molecule has 0 aromatic heterocycles. The number of rotatable bonds is 5. The van der Waals surface area contributed by atoms with Crippen molar-refractivity contribution in [2.75, 3.05) is 25.0 Å². The fraction of sp³-hybridized carbons (Fsp3) is 0.593. The first-order chi connectivity index (χ1) is 17.3.